The standard InChI is InChI=1S/C16H14FN3OS/c1-9-7-11(8-14-15(21)19-16(18)22-14)10(2)20(9)13-5-3-12(17)4-6-13/h3-8H,1-2H3,(H2,18,19,21). The lowest BCUT2D eigenvalue weighted by Crippen LogP contribution is -2.01. The van der Waals surface area contributed by atoms with E-state index in [-0.39, 0.29) is 16.9 Å². The number of amides is 1. The summed E-state index contributed by atoms with van der Waals surface area (Å²) in [5, 5.41) is 0.267. The summed E-state index contributed by atoms with van der Waals surface area (Å²) in [6.45, 7) is 3.92. The molecule has 1 aliphatic heterocycles. The van der Waals surface area contributed by atoms with Gasteiger partial charge in [0.25, 0.3) is 5.91 Å². The van der Waals surface area contributed by atoms with Gasteiger partial charge in [-0.3, -0.25) is 4.79 Å². The Balaban J connectivity index is 2.03. The van der Waals surface area contributed by atoms with E-state index in [4.69, 9.17) is 5.73 Å². The van der Waals surface area contributed by atoms with Gasteiger partial charge in [0.15, 0.2) is 5.17 Å². The maximum Gasteiger partial charge on any atom is 0.286 e. The number of aromatic nitrogens is 1. The summed E-state index contributed by atoms with van der Waals surface area (Å²) in [7, 11) is 0. The maximum atomic E-state index is 13.1. The molecule has 3 rings (SSSR count). The normalized spacial score (nSPS) is 16.4. The average Bonchev–Trinajstić information content (AvgIpc) is 2.92. The fraction of sp³-hybridized carbons (Fsp3) is 0.125. The summed E-state index contributed by atoms with van der Waals surface area (Å²) < 4.78 is 15.1. The zero-order valence-electron chi connectivity index (χ0n) is 12.1. The molecule has 22 heavy (non-hydrogen) atoms. The molecule has 0 bridgehead atoms. The van der Waals surface area contributed by atoms with Gasteiger partial charge in [-0.15, -0.1) is 0 Å². The fourth-order valence-electron chi connectivity index (χ4n) is 2.49. The van der Waals surface area contributed by atoms with Crippen molar-refractivity contribution in [1.29, 1.82) is 0 Å². The minimum atomic E-state index is -0.311. The van der Waals surface area contributed by atoms with Crippen LogP contribution in [0.5, 0.6) is 0 Å². The molecule has 2 aromatic rings. The number of aliphatic imine (C=N–C) groups is 1. The van der Waals surface area contributed by atoms with Crippen molar-refractivity contribution < 1.29 is 9.18 Å². The van der Waals surface area contributed by atoms with E-state index >= 15 is 0 Å². The topological polar surface area (TPSA) is 60.4 Å². The first-order valence-electron chi connectivity index (χ1n) is 6.68. The first kappa shape index (κ1) is 14.6. The van der Waals surface area contributed by atoms with Gasteiger partial charge in [-0.05, 0) is 67.6 Å². The quantitative estimate of drug-likeness (QED) is 0.866. The number of halogens is 1. The second-order valence-corrected chi connectivity index (χ2v) is 6.07. The van der Waals surface area contributed by atoms with Crippen molar-refractivity contribution in [3.63, 3.8) is 0 Å². The number of aryl methyl sites for hydroxylation is 1. The number of nitrogens with zero attached hydrogens (tertiary/aromatic N) is 2. The summed E-state index contributed by atoms with van der Waals surface area (Å²) in [5.74, 6) is -0.580. The molecule has 4 nitrogen and oxygen atoms in total. The van der Waals surface area contributed by atoms with Crippen molar-refractivity contribution in [1.82, 2.24) is 4.57 Å². The molecule has 1 aromatic heterocycles. The highest BCUT2D eigenvalue weighted by Crippen LogP contribution is 2.29. The predicted molar refractivity (Wildman–Crippen MR) is 87.4 cm³/mol. The van der Waals surface area contributed by atoms with E-state index in [9.17, 15) is 9.18 Å². The van der Waals surface area contributed by atoms with Gasteiger partial charge in [0.2, 0.25) is 0 Å². The molecular formula is C16H14FN3OS. The fourth-order valence-corrected chi connectivity index (χ4v) is 3.16. The molecule has 2 N–H and O–H groups in total. The number of hydrogen-bond acceptors (Lipinski definition) is 3. The number of hydrogen-bond donors (Lipinski definition) is 1. The number of benzene rings is 1. The molecule has 0 saturated heterocycles. The lowest BCUT2D eigenvalue weighted by Gasteiger charge is -2.09. The maximum absolute atomic E-state index is 13.1. The molecule has 0 saturated carbocycles. The van der Waals surface area contributed by atoms with Crippen LogP contribution in [0.1, 0.15) is 17.0 Å². The zero-order valence-corrected chi connectivity index (χ0v) is 12.9. The molecule has 6 heteroatoms. The Bertz CT molecular complexity index is 819. The molecule has 1 aliphatic rings. The van der Waals surface area contributed by atoms with Gasteiger partial charge in [-0.25, -0.2) is 4.39 Å². The third-order valence-corrected chi connectivity index (χ3v) is 4.29. The smallest absolute Gasteiger partial charge is 0.286 e. The van der Waals surface area contributed by atoms with E-state index in [0.29, 0.717) is 4.91 Å². The lowest BCUT2D eigenvalue weighted by atomic mass is 10.2. The Labute approximate surface area is 131 Å². The molecule has 0 atom stereocenters. The van der Waals surface area contributed by atoms with Gasteiger partial charge in [0.05, 0.1) is 4.91 Å². The number of thioether (sulfide) groups is 1. The van der Waals surface area contributed by atoms with Crippen molar-refractivity contribution >= 4 is 28.9 Å². The van der Waals surface area contributed by atoms with Crippen molar-refractivity contribution in [2.45, 2.75) is 13.8 Å². The number of rotatable bonds is 2. The average molecular weight is 315 g/mol. The highest BCUT2D eigenvalue weighted by Gasteiger charge is 2.20. The second-order valence-electron chi connectivity index (χ2n) is 5.00. The van der Waals surface area contributed by atoms with Gasteiger partial charge in [-0.1, -0.05) is 0 Å². The Morgan fingerprint density at radius 2 is 1.95 bits per heavy atom. The highest BCUT2D eigenvalue weighted by atomic mass is 32.2. The van der Waals surface area contributed by atoms with Crippen LogP contribution in [0.2, 0.25) is 0 Å². The Hall–Kier alpha value is -2.34. The van der Waals surface area contributed by atoms with E-state index in [2.05, 4.69) is 4.99 Å². The van der Waals surface area contributed by atoms with Crippen LogP contribution in [0.15, 0.2) is 40.2 Å². The van der Waals surface area contributed by atoms with Crippen LogP contribution in [0.3, 0.4) is 0 Å². The van der Waals surface area contributed by atoms with Crippen LogP contribution < -0.4 is 5.73 Å². The molecule has 2 heterocycles. The van der Waals surface area contributed by atoms with Crippen LogP contribution in [-0.4, -0.2) is 15.6 Å². The van der Waals surface area contributed by atoms with Gasteiger partial charge < -0.3 is 10.3 Å². The van der Waals surface area contributed by atoms with E-state index in [1.807, 2.05) is 24.5 Å². The summed E-state index contributed by atoms with van der Waals surface area (Å²) in [6.07, 6.45) is 1.79. The minimum absolute atomic E-state index is 0.267. The first-order chi connectivity index (χ1) is 10.5. The van der Waals surface area contributed by atoms with Crippen molar-refractivity contribution in [3.8, 4) is 5.69 Å². The molecule has 0 aliphatic carbocycles. The molecule has 112 valence electrons. The summed E-state index contributed by atoms with van der Waals surface area (Å²) in [4.78, 5) is 15.9. The minimum Gasteiger partial charge on any atom is -0.378 e. The van der Waals surface area contributed by atoms with Crippen LogP contribution in [0, 0.1) is 19.7 Å². The second kappa shape index (κ2) is 5.46. The first-order valence-corrected chi connectivity index (χ1v) is 7.50. The molecule has 0 unspecified atom stereocenters. The van der Waals surface area contributed by atoms with Crippen LogP contribution in [0.25, 0.3) is 11.8 Å². The highest BCUT2D eigenvalue weighted by molar-refractivity contribution is 8.18. The number of amidine groups is 1. The van der Waals surface area contributed by atoms with Crippen molar-refractivity contribution in [3.05, 3.63) is 58.0 Å². The largest absolute Gasteiger partial charge is 0.378 e. The molecule has 0 spiro atoms. The number of nitrogens with two attached hydrogens (primary N) is 1. The number of carbonyl (C=O) groups is 1. The molecule has 1 amide bonds. The predicted octanol–water partition coefficient (Wildman–Crippen LogP) is 3.16. The van der Waals surface area contributed by atoms with E-state index in [0.717, 1.165) is 22.6 Å². The molecular weight excluding hydrogens is 301 g/mol. The van der Waals surface area contributed by atoms with Gasteiger partial charge in [0, 0.05) is 17.1 Å². The van der Waals surface area contributed by atoms with Crippen LogP contribution in [-0.2, 0) is 4.79 Å². The zero-order chi connectivity index (χ0) is 15.9. The Morgan fingerprint density at radius 3 is 2.55 bits per heavy atom. The van der Waals surface area contributed by atoms with Gasteiger partial charge in [-0.2, -0.15) is 4.99 Å². The summed E-state index contributed by atoms with van der Waals surface area (Å²) in [5.41, 5.74) is 9.32. The van der Waals surface area contributed by atoms with Crippen LogP contribution in [0.4, 0.5) is 4.39 Å². The lowest BCUT2D eigenvalue weighted by molar-refractivity contribution is -0.113. The summed E-state index contributed by atoms with van der Waals surface area (Å²) in [6, 6.07) is 8.29. The van der Waals surface area contributed by atoms with Gasteiger partial charge in [0.1, 0.15) is 5.82 Å². The number of carbonyl (C=O) groups excluding carboxylic acids is 1. The monoisotopic (exact) mass is 315 g/mol. The Morgan fingerprint density at radius 1 is 1.27 bits per heavy atom. The van der Waals surface area contributed by atoms with Crippen molar-refractivity contribution in [2.24, 2.45) is 10.7 Å². The molecule has 0 fully saturated rings. The third kappa shape index (κ3) is 2.57. The van der Waals surface area contributed by atoms with Crippen LogP contribution >= 0.6 is 11.8 Å². The summed E-state index contributed by atoms with van der Waals surface area (Å²) >= 11 is 1.17. The SMILES string of the molecule is Cc1cc(C=C2SC(N)=NC2=O)c(C)n1-c1ccc(F)cc1. The van der Waals surface area contributed by atoms with E-state index < -0.39 is 0 Å². The Kier molecular flexibility index (Phi) is 3.62. The molecule has 1 aromatic carbocycles. The van der Waals surface area contributed by atoms with Gasteiger partial charge >= 0.3 is 0 Å². The third-order valence-electron chi connectivity index (χ3n) is 3.48. The van der Waals surface area contributed by atoms with Crippen molar-refractivity contribution in [2.75, 3.05) is 0 Å². The van der Waals surface area contributed by atoms with E-state index in [1.54, 1.807) is 18.2 Å². The molecule has 0 radical (unpaired) electrons. The van der Waals surface area contributed by atoms with E-state index in [1.165, 1.54) is 23.9 Å².